The number of hydrogen-bond acceptors (Lipinski definition) is 2. The molecule has 0 atom stereocenters. The maximum atomic E-state index is 11.6. The van der Waals surface area contributed by atoms with Gasteiger partial charge in [0.05, 0.1) is 5.56 Å². The van der Waals surface area contributed by atoms with Gasteiger partial charge in [0.15, 0.2) is 0 Å². The molecule has 0 bridgehead atoms. The molecule has 0 spiro atoms. The number of aromatic amines is 1. The molecule has 0 aliphatic carbocycles. The highest BCUT2D eigenvalue weighted by molar-refractivity contribution is 5.92. The van der Waals surface area contributed by atoms with Gasteiger partial charge in [0, 0.05) is 12.7 Å². The SMILES string of the molecule is O=C(O)c1cccc(CCNC(=O)c2ccc[nH]2)c1. The summed E-state index contributed by atoms with van der Waals surface area (Å²) in [5, 5.41) is 11.6. The minimum Gasteiger partial charge on any atom is -0.478 e. The van der Waals surface area contributed by atoms with Crippen molar-refractivity contribution in [2.45, 2.75) is 6.42 Å². The van der Waals surface area contributed by atoms with Crippen molar-refractivity contribution in [3.05, 3.63) is 59.4 Å². The quantitative estimate of drug-likeness (QED) is 0.763. The number of aromatic nitrogens is 1. The Balaban J connectivity index is 1.87. The number of carboxylic acid groups (broad SMARTS) is 1. The normalized spacial score (nSPS) is 10.1. The number of amides is 1. The van der Waals surface area contributed by atoms with Crippen molar-refractivity contribution < 1.29 is 14.7 Å². The molecule has 1 aromatic carbocycles. The fourth-order valence-electron chi connectivity index (χ4n) is 1.75. The standard InChI is InChI=1S/C14H14N2O3/c17-13(12-5-2-7-15-12)16-8-6-10-3-1-4-11(9-10)14(18)19/h1-5,7,9,15H,6,8H2,(H,16,17)(H,18,19). The zero-order chi connectivity index (χ0) is 13.7. The third-order valence-corrected chi connectivity index (χ3v) is 2.72. The summed E-state index contributed by atoms with van der Waals surface area (Å²) in [6, 6.07) is 10.1. The van der Waals surface area contributed by atoms with E-state index in [4.69, 9.17) is 5.11 Å². The van der Waals surface area contributed by atoms with Gasteiger partial charge >= 0.3 is 5.97 Å². The van der Waals surface area contributed by atoms with Crippen LogP contribution in [0.1, 0.15) is 26.4 Å². The van der Waals surface area contributed by atoms with Gasteiger partial charge in [-0.1, -0.05) is 12.1 Å². The first-order chi connectivity index (χ1) is 9.16. The van der Waals surface area contributed by atoms with E-state index in [0.29, 0.717) is 18.7 Å². The number of rotatable bonds is 5. The van der Waals surface area contributed by atoms with Crippen LogP contribution in [-0.2, 0) is 6.42 Å². The van der Waals surface area contributed by atoms with Gasteiger partial charge in [0.1, 0.15) is 5.69 Å². The van der Waals surface area contributed by atoms with Crippen molar-refractivity contribution in [1.29, 1.82) is 0 Å². The predicted octanol–water partition coefficient (Wildman–Crippen LogP) is 1.69. The number of benzene rings is 1. The Kier molecular flexibility index (Phi) is 3.97. The Morgan fingerprint density at radius 3 is 2.74 bits per heavy atom. The molecule has 98 valence electrons. The van der Waals surface area contributed by atoms with E-state index in [1.54, 1.807) is 36.5 Å². The third kappa shape index (κ3) is 3.45. The van der Waals surface area contributed by atoms with Crippen LogP contribution in [0.25, 0.3) is 0 Å². The van der Waals surface area contributed by atoms with Crippen molar-refractivity contribution in [3.8, 4) is 0 Å². The van der Waals surface area contributed by atoms with E-state index in [1.807, 2.05) is 6.07 Å². The summed E-state index contributed by atoms with van der Waals surface area (Å²) in [5.74, 6) is -1.11. The number of carbonyl (C=O) groups is 2. The van der Waals surface area contributed by atoms with Gasteiger partial charge in [-0.25, -0.2) is 4.79 Å². The van der Waals surface area contributed by atoms with Gasteiger partial charge in [0.25, 0.3) is 5.91 Å². The fourth-order valence-corrected chi connectivity index (χ4v) is 1.75. The molecule has 1 heterocycles. The zero-order valence-electron chi connectivity index (χ0n) is 10.2. The molecule has 0 fully saturated rings. The maximum absolute atomic E-state index is 11.6. The van der Waals surface area contributed by atoms with E-state index in [-0.39, 0.29) is 11.5 Å². The van der Waals surface area contributed by atoms with E-state index in [1.165, 1.54) is 0 Å². The van der Waals surface area contributed by atoms with Gasteiger partial charge < -0.3 is 15.4 Å². The Labute approximate surface area is 110 Å². The molecular weight excluding hydrogens is 244 g/mol. The van der Waals surface area contributed by atoms with Crippen LogP contribution in [0.3, 0.4) is 0 Å². The van der Waals surface area contributed by atoms with Gasteiger partial charge in [-0.3, -0.25) is 4.79 Å². The number of carboxylic acids is 1. The van der Waals surface area contributed by atoms with Gasteiger partial charge in [-0.2, -0.15) is 0 Å². The molecule has 0 aliphatic rings. The highest BCUT2D eigenvalue weighted by Crippen LogP contribution is 2.05. The largest absolute Gasteiger partial charge is 0.478 e. The fraction of sp³-hybridized carbons (Fsp3) is 0.143. The van der Waals surface area contributed by atoms with Crippen molar-refractivity contribution in [2.75, 3.05) is 6.54 Å². The predicted molar refractivity (Wildman–Crippen MR) is 70.2 cm³/mol. The molecule has 3 N–H and O–H groups in total. The third-order valence-electron chi connectivity index (χ3n) is 2.72. The van der Waals surface area contributed by atoms with Crippen LogP contribution in [0.4, 0.5) is 0 Å². The molecule has 0 radical (unpaired) electrons. The monoisotopic (exact) mass is 258 g/mol. The van der Waals surface area contributed by atoms with Crippen LogP contribution in [0.5, 0.6) is 0 Å². The molecule has 5 nitrogen and oxygen atoms in total. The smallest absolute Gasteiger partial charge is 0.335 e. The zero-order valence-corrected chi connectivity index (χ0v) is 10.2. The average Bonchev–Trinajstić information content (AvgIpc) is 2.93. The number of carbonyl (C=O) groups excluding carboxylic acids is 1. The summed E-state index contributed by atoms with van der Waals surface area (Å²) in [7, 11) is 0. The van der Waals surface area contributed by atoms with Crippen LogP contribution < -0.4 is 5.32 Å². The topological polar surface area (TPSA) is 82.2 Å². The van der Waals surface area contributed by atoms with E-state index in [9.17, 15) is 9.59 Å². The highest BCUT2D eigenvalue weighted by Gasteiger charge is 2.06. The molecule has 0 aliphatic heterocycles. The van der Waals surface area contributed by atoms with Crippen LogP contribution in [0, 0.1) is 0 Å². The minimum absolute atomic E-state index is 0.167. The minimum atomic E-state index is -0.947. The number of hydrogen-bond donors (Lipinski definition) is 3. The molecule has 2 rings (SSSR count). The second-order valence-corrected chi connectivity index (χ2v) is 4.10. The molecule has 1 amide bonds. The summed E-state index contributed by atoms with van der Waals surface area (Å²) in [5.41, 5.74) is 1.65. The summed E-state index contributed by atoms with van der Waals surface area (Å²) < 4.78 is 0. The molecule has 5 heteroatoms. The lowest BCUT2D eigenvalue weighted by atomic mass is 10.1. The maximum Gasteiger partial charge on any atom is 0.335 e. The van der Waals surface area contributed by atoms with Crippen molar-refractivity contribution >= 4 is 11.9 Å². The number of aromatic carboxylic acids is 1. The van der Waals surface area contributed by atoms with Crippen LogP contribution in [-0.4, -0.2) is 28.5 Å². The molecular formula is C14H14N2O3. The number of H-pyrrole nitrogens is 1. The van der Waals surface area contributed by atoms with Crippen LogP contribution >= 0.6 is 0 Å². The van der Waals surface area contributed by atoms with Gasteiger partial charge in [-0.05, 0) is 36.2 Å². The van der Waals surface area contributed by atoms with Gasteiger partial charge in [-0.15, -0.1) is 0 Å². The molecule has 0 unspecified atom stereocenters. The molecule has 2 aromatic rings. The second kappa shape index (κ2) is 5.86. The Morgan fingerprint density at radius 2 is 2.05 bits per heavy atom. The second-order valence-electron chi connectivity index (χ2n) is 4.10. The summed E-state index contributed by atoms with van der Waals surface area (Å²) in [4.78, 5) is 25.3. The highest BCUT2D eigenvalue weighted by atomic mass is 16.4. The van der Waals surface area contributed by atoms with E-state index in [2.05, 4.69) is 10.3 Å². The van der Waals surface area contributed by atoms with Crippen molar-refractivity contribution in [3.63, 3.8) is 0 Å². The first-order valence-corrected chi connectivity index (χ1v) is 5.90. The van der Waals surface area contributed by atoms with Crippen molar-refractivity contribution in [1.82, 2.24) is 10.3 Å². The Hall–Kier alpha value is -2.56. The van der Waals surface area contributed by atoms with Crippen LogP contribution in [0.2, 0.25) is 0 Å². The number of nitrogens with one attached hydrogen (secondary N) is 2. The van der Waals surface area contributed by atoms with E-state index in [0.717, 1.165) is 5.56 Å². The molecule has 0 saturated carbocycles. The average molecular weight is 258 g/mol. The lowest BCUT2D eigenvalue weighted by molar-refractivity contribution is 0.0696. The lowest BCUT2D eigenvalue weighted by Gasteiger charge is -2.05. The summed E-state index contributed by atoms with van der Waals surface area (Å²) in [6.45, 7) is 0.459. The van der Waals surface area contributed by atoms with Gasteiger partial charge in [0.2, 0.25) is 0 Å². The van der Waals surface area contributed by atoms with E-state index < -0.39 is 5.97 Å². The van der Waals surface area contributed by atoms with Crippen molar-refractivity contribution in [2.24, 2.45) is 0 Å². The molecule has 19 heavy (non-hydrogen) atoms. The lowest BCUT2D eigenvalue weighted by Crippen LogP contribution is -2.25. The summed E-state index contributed by atoms with van der Waals surface area (Å²) in [6.07, 6.45) is 2.28. The van der Waals surface area contributed by atoms with Crippen LogP contribution in [0.15, 0.2) is 42.6 Å². The Bertz CT molecular complexity index is 576. The first kappa shape index (κ1) is 12.9. The molecule has 1 aromatic heterocycles. The van der Waals surface area contributed by atoms with E-state index >= 15 is 0 Å². The first-order valence-electron chi connectivity index (χ1n) is 5.90. The molecule has 0 saturated heterocycles. The summed E-state index contributed by atoms with van der Waals surface area (Å²) >= 11 is 0. The Morgan fingerprint density at radius 1 is 1.21 bits per heavy atom.